The average Bonchev–Trinajstić information content (AvgIpc) is 3.46. The van der Waals surface area contributed by atoms with Gasteiger partial charge in [-0.3, -0.25) is 4.79 Å². The minimum atomic E-state index is -0.00267. The number of benzene rings is 1. The van der Waals surface area contributed by atoms with Gasteiger partial charge in [-0.25, -0.2) is 4.79 Å². The lowest BCUT2D eigenvalue weighted by molar-refractivity contribution is -0.139. The van der Waals surface area contributed by atoms with Gasteiger partial charge >= 0.3 is 6.03 Å². The van der Waals surface area contributed by atoms with Gasteiger partial charge < -0.3 is 15.1 Å². The summed E-state index contributed by atoms with van der Waals surface area (Å²) in [5.74, 6) is 1.03. The number of likely N-dealkylation sites (tertiary alicyclic amines) is 2. The van der Waals surface area contributed by atoms with Gasteiger partial charge in [-0.2, -0.15) is 0 Å². The fraction of sp³-hybridized carbons (Fsp3) is 0.636. The molecule has 3 fully saturated rings. The van der Waals surface area contributed by atoms with Crippen LogP contribution in [0.15, 0.2) is 18.2 Å². The lowest BCUT2D eigenvalue weighted by atomic mass is 9.73. The minimum Gasteiger partial charge on any atom is -0.342 e. The molecule has 1 saturated carbocycles. The van der Waals surface area contributed by atoms with Crippen molar-refractivity contribution < 1.29 is 9.59 Å². The van der Waals surface area contributed by atoms with Crippen LogP contribution in [-0.2, 0) is 4.79 Å². The molecular formula is C22H31N3O2. The Bertz CT molecular complexity index is 723. The van der Waals surface area contributed by atoms with Crippen LogP contribution >= 0.6 is 0 Å². The smallest absolute Gasteiger partial charge is 0.321 e. The number of aryl methyl sites for hydroxylation is 2. The molecule has 4 rings (SSSR count). The van der Waals surface area contributed by atoms with Crippen molar-refractivity contribution in [2.45, 2.75) is 52.4 Å². The molecule has 0 radical (unpaired) electrons. The Morgan fingerprint density at radius 2 is 1.93 bits per heavy atom. The van der Waals surface area contributed by atoms with Crippen LogP contribution in [0.1, 0.15) is 49.7 Å². The van der Waals surface area contributed by atoms with Gasteiger partial charge in [-0.05, 0) is 63.0 Å². The zero-order valence-corrected chi connectivity index (χ0v) is 16.6. The molecule has 1 atom stereocenters. The maximum atomic E-state index is 13.0. The SMILES string of the molecule is Cc1cccc(C)c1NC(=O)N1CCCC2(CCC(=O)N(CC3CC3)C2)C1. The van der Waals surface area contributed by atoms with Gasteiger partial charge in [0.15, 0.2) is 0 Å². The van der Waals surface area contributed by atoms with Crippen molar-refractivity contribution in [3.63, 3.8) is 0 Å². The summed E-state index contributed by atoms with van der Waals surface area (Å²) in [5, 5.41) is 3.14. The fourth-order valence-electron chi connectivity index (χ4n) is 4.79. The number of rotatable bonds is 3. The largest absolute Gasteiger partial charge is 0.342 e. The van der Waals surface area contributed by atoms with E-state index in [0.717, 1.165) is 68.2 Å². The van der Waals surface area contributed by atoms with E-state index in [0.29, 0.717) is 12.3 Å². The number of hydrogen-bond donors (Lipinski definition) is 1. The Morgan fingerprint density at radius 1 is 1.19 bits per heavy atom. The second-order valence-electron chi connectivity index (χ2n) is 8.94. The van der Waals surface area contributed by atoms with Gasteiger partial charge in [0.25, 0.3) is 0 Å². The molecule has 1 aliphatic carbocycles. The Balaban J connectivity index is 1.44. The molecule has 27 heavy (non-hydrogen) atoms. The summed E-state index contributed by atoms with van der Waals surface area (Å²) in [4.78, 5) is 29.4. The van der Waals surface area contributed by atoms with E-state index < -0.39 is 0 Å². The van der Waals surface area contributed by atoms with Gasteiger partial charge in [-0.1, -0.05) is 18.2 Å². The van der Waals surface area contributed by atoms with Crippen LogP contribution in [-0.4, -0.2) is 47.9 Å². The molecule has 1 aromatic carbocycles. The van der Waals surface area contributed by atoms with E-state index in [1.807, 2.05) is 36.9 Å². The number of urea groups is 1. The molecule has 5 heteroatoms. The lowest BCUT2D eigenvalue weighted by Gasteiger charge is -2.48. The molecule has 0 aromatic heterocycles. The molecule has 2 aliphatic heterocycles. The summed E-state index contributed by atoms with van der Waals surface area (Å²) < 4.78 is 0. The summed E-state index contributed by atoms with van der Waals surface area (Å²) in [6.07, 6.45) is 6.22. The van der Waals surface area contributed by atoms with Crippen LogP contribution in [0.3, 0.4) is 0 Å². The monoisotopic (exact) mass is 369 g/mol. The zero-order valence-electron chi connectivity index (χ0n) is 16.6. The zero-order chi connectivity index (χ0) is 19.0. The highest BCUT2D eigenvalue weighted by atomic mass is 16.2. The lowest BCUT2D eigenvalue weighted by Crippen LogP contribution is -2.56. The molecule has 0 bridgehead atoms. The van der Waals surface area contributed by atoms with E-state index in [9.17, 15) is 9.59 Å². The minimum absolute atomic E-state index is 0.00267. The number of hydrogen-bond acceptors (Lipinski definition) is 2. The Kier molecular flexibility index (Phi) is 4.87. The number of carbonyl (C=O) groups excluding carboxylic acids is 2. The predicted octanol–water partition coefficient (Wildman–Crippen LogP) is 3.95. The topological polar surface area (TPSA) is 52.7 Å². The molecular weight excluding hydrogens is 338 g/mol. The van der Waals surface area contributed by atoms with Crippen molar-refractivity contribution in [3.8, 4) is 0 Å². The number of nitrogens with one attached hydrogen (secondary N) is 1. The number of amides is 3. The van der Waals surface area contributed by atoms with E-state index >= 15 is 0 Å². The van der Waals surface area contributed by atoms with Crippen LogP contribution in [0.4, 0.5) is 10.5 Å². The molecule has 1 N–H and O–H groups in total. The van der Waals surface area contributed by atoms with Crippen LogP contribution in [0, 0.1) is 25.2 Å². The Morgan fingerprint density at radius 3 is 2.63 bits per heavy atom. The van der Waals surface area contributed by atoms with Crippen molar-refractivity contribution in [2.24, 2.45) is 11.3 Å². The third-order valence-corrected chi connectivity index (χ3v) is 6.59. The Hall–Kier alpha value is -2.04. The molecule has 2 saturated heterocycles. The second-order valence-corrected chi connectivity index (χ2v) is 8.94. The first-order valence-corrected chi connectivity index (χ1v) is 10.4. The van der Waals surface area contributed by atoms with Crippen LogP contribution < -0.4 is 5.32 Å². The van der Waals surface area contributed by atoms with Crippen molar-refractivity contribution in [2.75, 3.05) is 31.5 Å². The summed E-state index contributed by atoms with van der Waals surface area (Å²) >= 11 is 0. The maximum Gasteiger partial charge on any atom is 0.321 e. The standard InChI is InChI=1S/C22H31N3O2/c1-16-5-3-6-17(2)20(16)23-21(27)24-12-4-10-22(14-24)11-9-19(26)25(15-22)13-18-7-8-18/h3,5-6,18H,4,7-15H2,1-2H3,(H,23,27). The van der Waals surface area contributed by atoms with E-state index in [2.05, 4.69) is 10.2 Å². The highest BCUT2D eigenvalue weighted by Crippen LogP contribution is 2.40. The third kappa shape index (κ3) is 3.97. The molecule has 2 heterocycles. The quantitative estimate of drug-likeness (QED) is 0.877. The van der Waals surface area contributed by atoms with Gasteiger partial charge in [0.1, 0.15) is 0 Å². The fourth-order valence-corrected chi connectivity index (χ4v) is 4.79. The van der Waals surface area contributed by atoms with E-state index in [1.54, 1.807) is 0 Å². The predicted molar refractivity (Wildman–Crippen MR) is 107 cm³/mol. The Labute approximate surface area is 162 Å². The van der Waals surface area contributed by atoms with E-state index in [-0.39, 0.29) is 11.4 Å². The number of carbonyl (C=O) groups is 2. The molecule has 3 aliphatic rings. The van der Waals surface area contributed by atoms with Crippen molar-refractivity contribution in [3.05, 3.63) is 29.3 Å². The van der Waals surface area contributed by atoms with E-state index in [1.165, 1.54) is 12.8 Å². The molecule has 3 amide bonds. The van der Waals surface area contributed by atoms with Crippen LogP contribution in [0.5, 0.6) is 0 Å². The van der Waals surface area contributed by atoms with Crippen molar-refractivity contribution in [1.82, 2.24) is 9.80 Å². The second kappa shape index (κ2) is 7.17. The van der Waals surface area contributed by atoms with Crippen LogP contribution in [0.25, 0.3) is 0 Å². The van der Waals surface area contributed by atoms with Crippen molar-refractivity contribution >= 4 is 17.6 Å². The van der Waals surface area contributed by atoms with Gasteiger partial charge in [-0.15, -0.1) is 0 Å². The van der Waals surface area contributed by atoms with E-state index in [4.69, 9.17) is 0 Å². The molecule has 1 unspecified atom stereocenters. The number of anilines is 1. The first kappa shape index (κ1) is 18.3. The number of piperidine rings is 2. The van der Waals surface area contributed by atoms with Crippen molar-refractivity contribution in [1.29, 1.82) is 0 Å². The average molecular weight is 370 g/mol. The molecule has 1 aromatic rings. The highest BCUT2D eigenvalue weighted by molar-refractivity contribution is 5.91. The molecule has 146 valence electrons. The summed E-state index contributed by atoms with van der Waals surface area (Å²) in [6, 6.07) is 6.08. The third-order valence-electron chi connectivity index (χ3n) is 6.59. The normalized spacial score (nSPS) is 25.8. The summed E-state index contributed by atoms with van der Waals surface area (Å²) in [6.45, 7) is 7.38. The van der Waals surface area contributed by atoms with Crippen LogP contribution in [0.2, 0.25) is 0 Å². The number of nitrogens with zero attached hydrogens (tertiary/aromatic N) is 2. The van der Waals surface area contributed by atoms with Gasteiger partial charge in [0, 0.05) is 43.7 Å². The molecule has 1 spiro atoms. The summed E-state index contributed by atoms with van der Waals surface area (Å²) in [7, 11) is 0. The maximum absolute atomic E-state index is 13.0. The first-order chi connectivity index (χ1) is 13.0. The first-order valence-electron chi connectivity index (χ1n) is 10.4. The van der Waals surface area contributed by atoms with Gasteiger partial charge in [0.2, 0.25) is 5.91 Å². The van der Waals surface area contributed by atoms with Gasteiger partial charge in [0.05, 0.1) is 0 Å². The number of para-hydroxylation sites is 1. The highest BCUT2D eigenvalue weighted by Gasteiger charge is 2.43. The molecule has 5 nitrogen and oxygen atoms in total. The summed E-state index contributed by atoms with van der Waals surface area (Å²) in [5.41, 5.74) is 3.19.